The van der Waals surface area contributed by atoms with Gasteiger partial charge in [0.15, 0.2) is 0 Å². The van der Waals surface area contributed by atoms with E-state index in [1.807, 2.05) is 0 Å². The smallest absolute Gasteiger partial charge is 0.295 e. The van der Waals surface area contributed by atoms with Gasteiger partial charge in [0.2, 0.25) is 0 Å². The average Bonchev–Trinajstić information content (AvgIpc) is 2.10. The van der Waals surface area contributed by atoms with Crippen LogP contribution >= 0.6 is 0 Å². The molecule has 0 saturated heterocycles. The highest BCUT2D eigenvalue weighted by Gasteiger charge is 2.16. The van der Waals surface area contributed by atoms with Crippen LogP contribution in [-0.2, 0) is 7.05 Å². The molecule has 15 heavy (non-hydrogen) atoms. The molecular weight excluding hydrogens is 206 g/mol. The van der Waals surface area contributed by atoms with Crippen LogP contribution in [0.4, 0.5) is 8.78 Å². The highest BCUT2D eigenvalue weighted by atomic mass is 19.3. The molecule has 0 unspecified atom stereocenters. The van der Waals surface area contributed by atoms with E-state index in [1.54, 1.807) is 13.8 Å². The summed E-state index contributed by atoms with van der Waals surface area (Å²) in [4.78, 5) is 22.9. The third-order valence-corrected chi connectivity index (χ3v) is 2.13. The number of hydrogen-bond acceptors (Lipinski definition) is 2. The lowest BCUT2D eigenvalue weighted by Crippen LogP contribution is -2.41. The van der Waals surface area contributed by atoms with E-state index >= 15 is 0 Å². The molecule has 1 aromatic rings. The summed E-state index contributed by atoms with van der Waals surface area (Å²) in [5.41, 5.74) is -1.96. The molecule has 0 atom stereocenters. The summed E-state index contributed by atoms with van der Waals surface area (Å²) in [6.07, 6.45) is -2.82. The van der Waals surface area contributed by atoms with Crippen LogP contribution in [0.25, 0.3) is 0 Å². The predicted molar refractivity (Wildman–Crippen MR) is 51.3 cm³/mol. The molecular formula is C9H12F2N2O2. The van der Waals surface area contributed by atoms with Crippen molar-refractivity contribution in [2.45, 2.75) is 26.3 Å². The van der Waals surface area contributed by atoms with E-state index in [1.165, 1.54) is 7.05 Å². The van der Waals surface area contributed by atoms with Gasteiger partial charge < -0.3 is 0 Å². The van der Waals surface area contributed by atoms with Gasteiger partial charge in [-0.15, -0.1) is 0 Å². The first-order chi connectivity index (χ1) is 6.86. The van der Waals surface area contributed by atoms with E-state index in [2.05, 4.69) is 0 Å². The summed E-state index contributed by atoms with van der Waals surface area (Å²) in [7, 11) is 1.22. The molecule has 1 rings (SSSR count). The summed E-state index contributed by atoms with van der Waals surface area (Å²) in [6, 6.07) is 0.453. The molecule has 1 aromatic heterocycles. The van der Waals surface area contributed by atoms with Gasteiger partial charge in [-0.3, -0.25) is 13.9 Å². The molecule has 0 aliphatic rings. The van der Waals surface area contributed by atoms with Crippen molar-refractivity contribution in [3.8, 4) is 0 Å². The Bertz CT molecular complexity index is 474. The summed E-state index contributed by atoms with van der Waals surface area (Å²) in [5.74, 6) is 0. The first kappa shape index (κ1) is 11.6. The summed E-state index contributed by atoms with van der Waals surface area (Å²) >= 11 is 0. The van der Waals surface area contributed by atoms with Crippen LogP contribution in [0.3, 0.4) is 0 Å². The summed E-state index contributed by atoms with van der Waals surface area (Å²) in [6.45, 7) is 3.29. The van der Waals surface area contributed by atoms with Gasteiger partial charge in [-0.25, -0.2) is 13.6 Å². The van der Waals surface area contributed by atoms with Crippen LogP contribution in [-0.4, -0.2) is 9.13 Å². The Balaban J connectivity index is 3.60. The second kappa shape index (κ2) is 3.96. The van der Waals surface area contributed by atoms with Crippen molar-refractivity contribution in [1.29, 1.82) is 0 Å². The van der Waals surface area contributed by atoms with E-state index in [4.69, 9.17) is 0 Å². The highest BCUT2D eigenvalue weighted by Crippen LogP contribution is 2.14. The van der Waals surface area contributed by atoms with Gasteiger partial charge in [-0.05, 0) is 13.8 Å². The number of rotatable bonds is 2. The number of nitrogens with zero attached hydrogens (tertiary/aromatic N) is 2. The first-order valence-electron chi connectivity index (χ1n) is 4.47. The number of halogens is 2. The SMILES string of the molecule is CC(C)n1c(=O)cc(C(F)F)n(C)c1=O. The summed E-state index contributed by atoms with van der Waals surface area (Å²) < 4.78 is 26.6. The lowest BCUT2D eigenvalue weighted by Gasteiger charge is -2.13. The van der Waals surface area contributed by atoms with Crippen molar-refractivity contribution in [2.24, 2.45) is 7.05 Å². The Morgan fingerprint density at radius 3 is 2.20 bits per heavy atom. The molecule has 6 heteroatoms. The molecule has 0 aliphatic heterocycles. The lowest BCUT2D eigenvalue weighted by atomic mass is 10.3. The Morgan fingerprint density at radius 1 is 1.27 bits per heavy atom. The monoisotopic (exact) mass is 218 g/mol. The number of alkyl halides is 2. The maximum absolute atomic E-state index is 12.4. The van der Waals surface area contributed by atoms with E-state index in [9.17, 15) is 18.4 Å². The fourth-order valence-electron chi connectivity index (χ4n) is 1.34. The van der Waals surface area contributed by atoms with Gasteiger partial charge in [0, 0.05) is 19.2 Å². The van der Waals surface area contributed by atoms with Gasteiger partial charge in [-0.2, -0.15) is 0 Å². The third kappa shape index (κ3) is 1.98. The molecule has 0 saturated carbocycles. The Morgan fingerprint density at radius 2 is 1.80 bits per heavy atom. The van der Waals surface area contributed by atoms with Crippen molar-refractivity contribution in [1.82, 2.24) is 9.13 Å². The second-order valence-electron chi connectivity index (χ2n) is 3.51. The quantitative estimate of drug-likeness (QED) is 0.745. The molecule has 0 radical (unpaired) electrons. The molecule has 0 fully saturated rings. The topological polar surface area (TPSA) is 44.0 Å². The van der Waals surface area contributed by atoms with Gasteiger partial charge in [0.05, 0.1) is 5.69 Å². The largest absolute Gasteiger partial charge is 0.331 e. The minimum absolute atomic E-state index is 0.345. The molecule has 1 heterocycles. The van der Waals surface area contributed by atoms with Crippen molar-refractivity contribution < 1.29 is 8.78 Å². The third-order valence-electron chi connectivity index (χ3n) is 2.13. The van der Waals surface area contributed by atoms with Gasteiger partial charge in [-0.1, -0.05) is 0 Å². The second-order valence-corrected chi connectivity index (χ2v) is 3.51. The van der Waals surface area contributed by atoms with Crippen LogP contribution in [0, 0.1) is 0 Å². The van der Waals surface area contributed by atoms with Crippen molar-refractivity contribution in [3.63, 3.8) is 0 Å². The molecule has 0 aliphatic carbocycles. The summed E-state index contributed by atoms with van der Waals surface area (Å²) in [5, 5.41) is 0. The highest BCUT2D eigenvalue weighted by molar-refractivity contribution is 5.04. The maximum Gasteiger partial charge on any atom is 0.331 e. The normalized spacial score (nSPS) is 11.4. The molecule has 0 N–H and O–H groups in total. The van der Waals surface area contributed by atoms with E-state index in [0.717, 1.165) is 15.2 Å². The Hall–Kier alpha value is -1.46. The van der Waals surface area contributed by atoms with Crippen molar-refractivity contribution in [2.75, 3.05) is 0 Å². The predicted octanol–water partition coefficient (Wildman–Crippen LogP) is 1.07. The maximum atomic E-state index is 12.4. The van der Waals surface area contributed by atoms with E-state index in [-0.39, 0.29) is 6.04 Å². The van der Waals surface area contributed by atoms with Crippen LogP contribution in [0.1, 0.15) is 32.0 Å². The number of aromatic nitrogens is 2. The Kier molecular flexibility index (Phi) is 3.06. The van der Waals surface area contributed by atoms with Crippen LogP contribution in [0.2, 0.25) is 0 Å². The van der Waals surface area contributed by atoms with Crippen LogP contribution < -0.4 is 11.2 Å². The van der Waals surface area contributed by atoms with Gasteiger partial charge in [0.25, 0.3) is 12.0 Å². The molecule has 4 nitrogen and oxygen atoms in total. The fourth-order valence-corrected chi connectivity index (χ4v) is 1.34. The fraction of sp³-hybridized carbons (Fsp3) is 0.556. The average molecular weight is 218 g/mol. The number of hydrogen-bond donors (Lipinski definition) is 0. The molecule has 0 bridgehead atoms. The van der Waals surface area contributed by atoms with Gasteiger partial charge in [0.1, 0.15) is 0 Å². The molecule has 0 amide bonds. The lowest BCUT2D eigenvalue weighted by molar-refractivity contribution is 0.139. The first-order valence-corrected chi connectivity index (χ1v) is 4.47. The van der Waals surface area contributed by atoms with Crippen molar-refractivity contribution >= 4 is 0 Å². The zero-order chi connectivity index (χ0) is 11.7. The zero-order valence-corrected chi connectivity index (χ0v) is 8.70. The van der Waals surface area contributed by atoms with E-state index in [0.29, 0.717) is 0 Å². The van der Waals surface area contributed by atoms with Crippen molar-refractivity contribution in [3.05, 3.63) is 32.6 Å². The molecule has 84 valence electrons. The minimum atomic E-state index is -2.82. The molecule has 0 aromatic carbocycles. The zero-order valence-electron chi connectivity index (χ0n) is 8.70. The van der Waals surface area contributed by atoms with Crippen LogP contribution in [0.5, 0.6) is 0 Å². The minimum Gasteiger partial charge on any atom is -0.295 e. The standard InChI is InChI=1S/C9H12F2N2O2/c1-5(2)13-7(14)4-6(8(10)11)12(3)9(13)15/h4-5,8H,1-3H3. The van der Waals surface area contributed by atoms with Crippen LogP contribution in [0.15, 0.2) is 15.7 Å². The van der Waals surface area contributed by atoms with E-state index < -0.39 is 23.4 Å². The van der Waals surface area contributed by atoms with Gasteiger partial charge >= 0.3 is 5.69 Å². The Labute approximate surface area is 84.8 Å². The molecule has 0 spiro atoms.